The molecule has 0 atom stereocenters. The first-order chi connectivity index (χ1) is 30.3. The van der Waals surface area contributed by atoms with Gasteiger partial charge in [-0.3, -0.25) is 20.3 Å². The number of hydrogen-bond acceptors (Lipinski definition) is 6. The van der Waals surface area contributed by atoms with Gasteiger partial charge >= 0.3 is 0 Å². The van der Waals surface area contributed by atoms with Crippen LogP contribution in [0.1, 0.15) is 173 Å². The van der Waals surface area contributed by atoms with E-state index in [-0.39, 0.29) is 22.6 Å². The number of benzene rings is 4. The van der Waals surface area contributed by atoms with Gasteiger partial charge in [-0.1, -0.05) is 117 Å². The van der Waals surface area contributed by atoms with Crippen LogP contribution in [0.5, 0.6) is 17.2 Å². The smallest absolute Gasteiger partial charge is 0.255 e. The molecular weight excluding hydrogens is 775 g/mol. The highest BCUT2D eigenvalue weighted by Gasteiger charge is 2.19. The first-order valence-electron chi connectivity index (χ1n) is 23.1. The van der Waals surface area contributed by atoms with Crippen LogP contribution >= 0.6 is 0 Å². The Morgan fingerprint density at radius 1 is 0.435 bits per heavy atom. The number of amides is 3. The van der Waals surface area contributed by atoms with E-state index in [1.54, 1.807) is 72.8 Å². The zero-order chi connectivity index (χ0) is 44.2. The van der Waals surface area contributed by atoms with E-state index < -0.39 is 17.7 Å². The Morgan fingerprint density at radius 3 is 1.03 bits per heavy atom. The van der Waals surface area contributed by atoms with Crippen LogP contribution in [-0.2, 0) is 0 Å². The topological polar surface area (TPSA) is 115 Å². The Kier molecular flexibility index (Phi) is 22.7. The normalized spacial score (nSPS) is 10.7. The molecule has 0 heterocycles. The molecule has 4 rings (SSSR count). The molecule has 0 aliphatic rings. The van der Waals surface area contributed by atoms with Crippen molar-refractivity contribution in [1.82, 2.24) is 0 Å². The van der Waals surface area contributed by atoms with Crippen molar-refractivity contribution in [2.75, 3.05) is 35.8 Å². The zero-order valence-corrected chi connectivity index (χ0v) is 37.4. The van der Waals surface area contributed by atoms with Gasteiger partial charge in [0.1, 0.15) is 17.2 Å². The monoisotopic (exact) mass is 843 g/mol. The van der Waals surface area contributed by atoms with Crippen molar-refractivity contribution in [3.63, 3.8) is 0 Å². The van der Waals surface area contributed by atoms with Crippen molar-refractivity contribution in [3.8, 4) is 23.2 Å². The lowest BCUT2D eigenvalue weighted by Gasteiger charge is -2.21. The van der Waals surface area contributed by atoms with Crippen molar-refractivity contribution >= 4 is 34.8 Å². The predicted octanol–water partition coefficient (Wildman–Crippen LogP) is 13.6. The molecule has 0 fully saturated rings. The summed E-state index contributed by atoms with van der Waals surface area (Å²) in [6.07, 6.45) is 28.9. The van der Waals surface area contributed by atoms with Gasteiger partial charge in [0, 0.05) is 16.7 Å². The van der Waals surface area contributed by atoms with Crippen molar-refractivity contribution < 1.29 is 28.6 Å². The Morgan fingerprint density at radius 2 is 0.726 bits per heavy atom. The highest BCUT2D eigenvalue weighted by molar-refractivity contribution is 6.15. The molecule has 0 aromatic heterocycles. The summed E-state index contributed by atoms with van der Waals surface area (Å²) in [5.74, 6) is 3.00. The molecule has 9 heteroatoms. The van der Waals surface area contributed by atoms with Crippen LogP contribution in [-0.4, -0.2) is 37.5 Å². The van der Waals surface area contributed by atoms with Gasteiger partial charge < -0.3 is 36.6 Å². The van der Waals surface area contributed by atoms with Crippen LogP contribution in [0.4, 0.5) is 17.1 Å². The fraction of sp³-hybridized carbons (Fsp3) is 0.453. The van der Waals surface area contributed by atoms with Crippen molar-refractivity contribution in [1.29, 1.82) is 0 Å². The predicted molar refractivity (Wildman–Crippen MR) is 252 cm³/mol. The third kappa shape index (κ3) is 17.7. The SMILES string of the molecule is [C-]#Cc1cc(NC(=O)c2ccc(OCCCCCCCC)cc2)c(NC(=O)c2ccc(OCCCCCCCC)cc2)c(NC(=O)c2ccc(OCCCCCCCC)cc2)c1. The minimum atomic E-state index is -0.469. The summed E-state index contributed by atoms with van der Waals surface area (Å²) in [6.45, 7) is 8.43. The first-order valence-corrected chi connectivity index (χ1v) is 23.1. The van der Waals surface area contributed by atoms with E-state index in [9.17, 15) is 14.4 Å². The van der Waals surface area contributed by atoms with E-state index >= 15 is 0 Å². The number of carbonyl (C=O) groups excluding carboxylic acids is 3. The molecule has 0 radical (unpaired) electrons. The second-order valence-electron chi connectivity index (χ2n) is 15.9. The number of anilines is 3. The molecule has 3 N–H and O–H groups in total. The van der Waals surface area contributed by atoms with Crippen LogP contribution in [0.2, 0.25) is 0 Å². The summed E-state index contributed by atoms with van der Waals surface area (Å²) in [6, 6.07) is 23.7. The first kappa shape index (κ1) is 48.9. The third-order valence-corrected chi connectivity index (χ3v) is 10.7. The van der Waals surface area contributed by atoms with Gasteiger partial charge in [0.25, 0.3) is 17.7 Å². The lowest BCUT2D eigenvalue weighted by molar-refractivity contribution is 0.101. The molecule has 0 bridgehead atoms. The molecular formula is C53H68N3O6-. The maximum absolute atomic E-state index is 13.8. The number of nitrogens with one attached hydrogen (secondary N) is 3. The maximum Gasteiger partial charge on any atom is 0.255 e. The van der Waals surface area contributed by atoms with Gasteiger partial charge in [0.05, 0.1) is 36.9 Å². The van der Waals surface area contributed by atoms with Crippen molar-refractivity contribution in [2.45, 2.75) is 136 Å². The van der Waals surface area contributed by atoms with E-state index in [4.69, 9.17) is 20.6 Å². The molecule has 62 heavy (non-hydrogen) atoms. The van der Waals surface area contributed by atoms with E-state index in [0.29, 0.717) is 53.8 Å². The number of carbonyl (C=O) groups is 3. The second kappa shape index (κ2) is 28.7. The van der Waals surface area contributed by atoms with Gasteiger partial charge in [-0.25, -0.2) is 0 Å². The average molecular weight is 843 g/mol. The van der Waals surface area contributed by atoms with E-state index in [1.165, 1.54) is 89.2 Å². The van der Waals surface area contributed by atoms with E-state index in [1.807, 2.05) is 0 Å². The molecule has 3 amide bonds. The lowest BCUT2D eigenvalue weighted by atomic mass is 10.1. The summed E-state index contributed by atoms with van der Waals surface area (Å²) in [4.78, 5) is 41.3. The van der Waals surface area contributed by atoms with Crippen molar-refractivity contribution in [3.05, 3.63) is 114 Å². The molecule has 0 spiro atoms. The highest BCUT2D eigenvalue weighted by Crippen LogP contribution is 2.34. The highest BCUT2D eigenvalue weighted by atomic mass is 16.5. The third-order valence-electron chi connectivity index (χ3n) is 10.7. The average Bonchev–Trinajstić information content (AvgIpc) is 3.29. The molecule has 0 saturated heterocycles. The Bertz CT molecular complexity index is 1870. The molecule has 4 aromatic carbocycles. The summed E-state index contributed by atoms with van der Waals surface area (Å²) >= 11 is 0. The fourth-order valence-corrected chi connectivity index (χ4v) is 6.95. The molecule has 0 saturated carbocycles. The standard InChI is InChI=1S/C53H68N3O6/c1-5-9-12-15-18-21-36-60-45-30-24-42(25-31-45)51(57)54-48-39-41(8-4)40-49(55-52(58)43-26-32-46(33-27-43)61-37-22-19-16-13-10-6-2)50(48)56-53(59)44-28-34-47(35-29-44)62-38-23-20-17-14-11-7-3/h24-35,39-40H,5-7,9-23,36-38H2,1-3H3,(H,54,57)(H,55,58)(H,56,59)/q-1. The van der Waals surface area contributed by atoms with Crippen LogP contribution in [0.15, 0.2) is 84.9 Å². The summed E-state index contributed by atoms with van der Waals surface area (Å²) < 4.78 is 17.8. The maximum atomic E-state index is 13.8. The van der Waals surface area contributed by atoms with Gasteiger partial charge in [0.2, 0.25) is 0 Å². The molecule has 0 aliphatic heterocycles. The summed E-state index contributed by atoms with van der Waals surface area (Å²) in [5.41, 5.74) is 1.85. The minimum absolute atomic E-state index is 0.150. The summed E-state index contributed by atoms with van der Waals surface area (Å²) in [7, 11) is 0. The molecule has 0 aliphatic carbocycles. The molecule has 0 unspecified atom stereocenters. The quantitative estimate of drug-likeness (QED) is 0.0274. The largest absolute Gasteiger partial charge is 0.494 e. The van der Waals surface area contributed by atoms with Crippen LogP contribution < -0.4 is 30.2 Å². The van der Waals surface area contributed by atoms with Crippen LogP contribution in [0.25, 0.3) is 0 Å². The Labute approximate surface area is 371 Å². The van der Waals surface area contributed by atoms with Crippen LogP contribution in [0, 0.1) is 12.3 Å². The molecule has 4 aromatic rings. The number of rotatable bonds is 30. The fourth-order valence-electron chi connectivity index (χ4n) is 6.95. The van der Waals surface area contributed by atoms with Crippen molar-refractivity contribution in [2.24, 2.45) is 0 Å². The van der Waals surface area contributed by atoms with Crippen LogP contribution in [0.3, 0.4) is 0 Å². The Hall–Kier alpha value is -5.75. The van der Waals surface area contributed by atoms with E-state index in [2.05, 4.69) is 42.6 Å². The lowest BCUT2D eigenvalue weighted by Crippen LogP contribution is -2.20. The summed E-state index contributed by atoms with van der Waals surface area (Å²) in [5, 5.41) is 8.73. The Balaban J connectivity index is 1.49. The molecule has 332 valence electrons. The minimum Gasteiger partial charge on any atom is -0.494 e. The zero-order valence-electron chi connectivity index (χ0n) is 37.4. The second-order valence-corrected chi connectivity index (χ2v) is 15.9. The van der Waals surface area contributed by atoms with Gasteiger partial charge in [0.15, 0.2) is 0 Å². The number of ether oxygens (including phenoxy) is 3. The number of hydrogen-bond donors (Lipinski definition) is 3. The molecule has 9 nitrogen and oxygen atoms in total. The van der Waals surface area contributed by atoms with Gasteiger partial charge in [-0.2, -0.15) is 0 Å². The van der Waals surface area contributed by atoms with Gasteiger partial charge in [-0.15, -0.1) is 17.7 Å². The van der Waals surface area contributed by atoms with Gasteiger partial charge in [-0.05, 0) is 92.1 Å². The number of unbranched alkanes of at least 4 members (excludes halogenated alkanes) is 15. The van der Waals surface area contributed by atoms with E-state index in [0.717, 1.165) is 38.5 Å².